The standard InChI is InChI=1S/C12H22O2/c1-3-5-6-7-8-10-12(14)11(13)9-4-2/h3,11,13H,1,4-10H2,2H3. The van der Waals surface area contributed by atoms with E-state index >= 15 is 0 Å². The van der Waals surface area contributed by atoms with Crippen LogP contribution in [0.2, 0.25) is 0 Å². The second-order valence-corrected chi connectivity index (χ2v) is 3.66. The fourth-order valence-corrected chi connectivity index (χ4v) is 1.37. The van der Waals surface area contributed by atoms with E-state index in [1.54, 1.807) is 0 Å². The van der Waals surface area contributed by atoms with Crippen molar-refractivity contribution in [2.24, 2.45) is 0 Å². The Balaban J connectivity index is 3.38. The third-order valence-electron chi connectivity index (χ3n) is 2.27. The number of carbonyl (C=O) groups excluding carboxylic acids is 1. The first-order valence-electron chi connectivity index (χ1n) is 5.54. The molecule has 2 heteroatoms. The van der Waals surface area contributed by atoms with Gasteiger partial charge in [0.15, 0.2) is 5.78 Å². The molecule has 82 valence electrons. The molecule has 1 unspecified atom stereocenters. The highest BCUT2D eigenvalue weighted by Crippen LogP contribution is 2.07. The van der Waals surface area contributed by atoms with E-state index in [0.29, 0.717) is 12.8 Å². The van der Waals surface area contributed by atoms with Crippen molar-refractivity contribution in [2.45, 2.75) is 58.0 Å². The molecule has 0 bridgehead atoms. The molecule has 14 heavy (non-hydrogen) atoms. The number of rotatable bonds is 9. The zero-order valence-corrected chi connectivity index (χ0v) is 9.17. The average molecular weight is 198 g/mol. The molecule has 0 spiro atoms. The van der Waals surface area contributed by atoms with Crippen molar-refractivity contribution in [3.8, 4) is 0 Å². The van der Waals surface area contributed by atoms with Crippen molar-refractivity contribution in [2.75, 3.05) is 0 Å². The highest BCUT2D eigenvalue weighted by atomic mass is 16.3. The van der Waals surface area contributed by atoms with E-state index < -0.39 is 6.10 Å². The predicted molar refractivity (Wildman–Crippen MR) is 59.2 cm³/mol. The number of aliphatic hydroxyl groups is 1. The van der Waals surface area contributed by atoms with Gasteiger partial charge >= 0.3 is 0 Å². The molecule has 0 radical (unpaired) electrons. The summed E-state index contributed by atoms with van der Waals surface area (Å²) in [4.78, 5) is 11.3. The summed E-state index contributed by atoms with van der Waals surface area (Å²) in [6.07, 6.45) is 7.23. The van der Waals surface area contributed by atoms with E-state index in [1.165, 1.54) is 0 Å². The number of aliphatic hydroxyl groups excluding tert-OH is 1. The van der Waals surface area contributed by atoms with E-state index in [1.807, 2.05) is 13.0 Å². The molecule has 1 N–H and O–H groups in total. The van der Waals surface area contributed by atoms with Crippen molar-refractivity contribution < 1.29 is 9.90 Å². The molecule has 0 amide bonds. The lowest BCUT2D eigenvalue weighted by Crippen LogP contribution is -2.19. The summed E-state index contributed by atoms with van der Waals surface area (Å²) < 4.78 is 0. The Hall–Kier alpha value is -0.630. The van der Waals surface area contributed by atoms with Gasteiger partial charge < -0.3 is 5.11 Å². The third-order valence-corrected chi connectivity index (χ3v) is 2.27. The lowest BCUT2D eigenvalue weighted by molar-refractivity contribution is -0.127. The van der Waals surface area contributed by atoms with Crippen LogP contribution in [-0.4, -0.2) is 17.0 Å². The Kier molecular flexibility index (Phi) is 8.54. The summed E-state index contributed by atoms with van der Waals surface area (Å²) in [6, 6.07) is 0. The van der Waals surface area contributed by atoms with E-state index in [0.717, 1.165) is 32.1 Å². The molecule has 2 nitrogen and oxygen atoms in total. The molecule has 0 aliphatic carbocycles. The number of allylic oxidation sites excluding steroid dienone is 1. The number of ketones is 1. The van der Waals surface area contributed by atoms with Crippen LogP contribution in [0.5, 0.6) is 0 Å². The van der Waals surface area contributed by atoms with Gasteiger partial charge in [0, 0.05) is 6.42 Å². The minimum Gasteiger partial charge on any atom is -0.385 e. The van der Waals surface area contributed by atoms with Crippen LogP contribution in [0, 0.1) is 0 Å². The maximum absolute atomic E-state index is 11.3. The van der Waals surface area contributed by atoms with Gasteiger partial charge in [-0.2, -0.15) is 0 Å². The molecule has 1 atom stereocenters. The minimum absolute atomic E-state index is 0.00505. The Morgan fingerprint density at radius 2 is 2.14 bits per heavy atom. The van der Waals surface area contributed by atoms with Gasteiger partial charge in [-0.05, 0) is 25.7 Å². The number of unbranched alkanes of at least 4 members (excludes halogenated alkanes) is 3. The molecule has 0 aromatic rings. The van der Waals surface area contributed by atoms with Crippen LogP contribution in [0.15, 0.2) is 12.7 Å². The minimum atomic E-state index is -0.723. The third kappa shape index (κ3) is 6.84. The summed E-state index contributed by atoms with van der Waals surface area (Å²) >= 11 is 0. The van der Waals surface area contributed by atoms with Gasteiger partial charge in [0.25, 0.3) is 0 Å². The summed E-state index contributed by atoms with van der Waals surface area (Å²) in [7, 11) is 0. The summed E-state index contributed by atoms with van der Waals surface area (Å²) in [6.45, 7) is 5.61. The van der Waals surface area contributed by atoms with Gasteiger partial charge in [-0.1, -0.05) is 25.8 Å². The molecular formula is C12H22O2. The van der Waals surface area contributed by atoms with Crippen LogP contribution in [0.25, 0.3) is 0 Å². The summed E-state index contributed by atoms with van der Waals surface area (Å²) in [5.74, 6) is 0.00505. The van der Waals surface area contributed by atoms with Crippen LogP contribution in [0.1, 0.15) is 51.9 Å². The van der Waals surface area contributed by atoms with E-state index in [4.69, 9.17) is 0 Å². The largest absolute Gasteiger partial charge is 0.385 e. The van der Waals surface area contributed by atoms with Crippen LogP contribution < -0.4 is 0 Å². The number of Topliss-reactive ketones (excluding diaryl/α,β-unsaturated/α-hetero) is 1. The summed E-state index contributed by atoms with van der Waals surface area (Å²) in [5.41, 5.74) is 0. The van der Waals surface area contributed by atoms with E-state index in [9.17, 15) is 9.90 Å². The smallest absolute Gasteiger partial charge is 0.161 e. The molecular weight excluding hydrogens is 176 g/mol. The molecule has 0 fully saturated rings. The van der Waals surface area contributed by atoms with Gasteiger partial charge in [0.05, 0.1) is 0 Å². The van der Waals surface area contributed by atoms with Crippen molar-refractivity contribution in [1.29, 1.82) is 0 Å². The SMILES string of the molecule is C=CCCCCCC(=O)C(O)CCC. The normalized spacial score (nSPS) is 12.4. The second kappa shape index (κ2) is 8.95. The Bertz CT molecular complexity index is 164. The number of carbonyl (C=O) groups is 1. The van der Waals surface area contributed by atoms with Gasteiger partial charge in [-0.25, -0.2) is 0 Å². The molecule has 0 rings (SSSR count). The molecule has 0 saturated heterocycles. The highest BCUT2D eigenvalue weighted by Gasteiger charge is 2.12. The summed E-state index contributed by atoms with van der Waals surface area (Å²) in [5, 5.41) is 9.35. The van der Waals surface area contributed by atoms with E-state index in [2.05, 4.69) is 6.58 Å². The van der Waals surface area contributed by atoms with Crippen LogP contribution >= 0.6 is 0 Å². The van der Waals surface area contributed by atoms with Gasteiger partial charge in [0.1, 0.15) is 6.10 Å². The molecule has 0 aliphatic heterocycles. The number of hydrogen-bond acceptors (Lipinski definition) is 2. The Morgan fingerprint density at radius 1 is 1.43 bits per heavy atom. The average Bonchev–Trinajstić information content (AvgIpc) is 2.17. The Labute approximate surface area is 87.0 Å². The predicted octanol–water partition coefficient (Wildman–Crippen LogP) is 2.85. The van der Waals surface area contributed by atoms with Crippen molar-refractivity contribution in [1.82, 2.24) is 0 Å². The van der Waals surface area contributed by atoms with Crippen molar-refractivity contribution in [3.63, 3.8) is 0 Å². The van der Waals surface area contributed by atoms with Crippen LogP contribution in [0.3, 0.4) is 0 Å². The quantitative estimate of drug-likeness (QED) is 0.457. The van der Waals surface area contributed by atoms with Crippen LogP contribution in [-0.2, 0) is 4.79 Å². The lowest BCUT2D eigenvalue weighted by atomic mass is 10.0. The second-order valence-electron chi connectivity index (χ2n) is 3.66. The zero-order chi connectivity index (χ0) is 10.8. The monoisotopic (exact) mass is 198 g/mol. The molecule has 0 saturated carbocycles. The zero-order valence-electron chi connectivity index (χ0n) is 9.17. The van der Waals surface area contributed by atoms with Gasteiger partial charge in [0.2, 0.25) is 0 Å². The fourth-order valence-electron chi connectivity index (χ4n) is 1.37. The molecule has 0 heterocycles. The molecule has 0 aromatic carbocycles. The molecule has 0 aliphatic rings. The lowest BCUT2D eigenvalue weighted by Gasteiger charge is -2.07. The van der Waals surface area contributed by atoms with Gasteiger partial charge in [-0.15, -0.1) is 6.58 Å². The topological polar surface area (TPSA) is 37.3 Å². The van der Waals surface area contributed by atoms with Crippen LogP contribution in [0.4, 0.5) is 0 Å². The first-order valence-corrected chi connectivity index (χ1v) is 5.54. The highest BCUT2D eigenvalue weighted by molar-refractivity contribution is 5.82. The first kappa shape index (κ1) is 13.4. The maximum Gasteiger partial charge on any atom is 0.161 e. The first-order chi connectivity index (χ1) is 6.72. The number of hydrogen-bond donors (Lipinski definition) is 1. The maximum atomic E-state index is 11.3. The molecule has 0 aromatic heterocycles. The fraction of sp³-hybridized carbons (Fsp3) is 0.750. The van der Waals surface area contributed by atoms with Gasteiger partial charge in [-0.3, -0.25) is 4.79 Å². The van der Waals surface area contributed by atoms with Crippen molar-refractivity contribution in [3.05, 3.63) is 12.7 Å². The van der Waals surface area contributed by atoms with E-state index in [-0.39, 0.29) is 5.78 Å². The van der Waals surface area contributed by atoms with Crippen molar-refractivity contribution >= 4 is 5.78 Å². The Morgan fingerprint density at radius 3 is 2.71 bits per heavy atom.